The number of piperidine rings is 1. The summed E-state index contributed by atoms with van der Waals surface area (Å²) in [4.78, 5) is 28.3. The average Bonchev–Trinajstić information content (AvgIpc) is 2.62. The minimum atomic E-state index is -0.0280. The Balaban J connectivity index is 2.06. The van der Waals surface area contributed by atoms with Crippen LogP contribution in [0.25, 0.3) is 0 Å². The van der Waals surface area contributed by atoms with Crippen LogP contribution in [0.15, 0.2) is 18.2 Å². The van der Waals surface area contributed by atoms with E-state index in [0.717, 1.165) is 0 Å². The highest BCUT2D eigenvalue weighted by molar-refractivity contribution is 5.95. The lowest BCUT2D eigenvalue weighted by Gasteiger charge is -2.32. The Labute approximate surface area is 149 Å². The number of rotatable bonds is 6. The highest BCUT2D eigenvalue weighted by atomic mass is 16.5. The summed E-state index contributed by atoms with van der Waals surface area (Å²) >= 11 is 0. The highest BCUT2D eigenvalue weighted by Crippen LogP contribution is 2.29. The van der Waals surface area contributed by atoms with E-state index in [1.807, 2.05) is 18.7 Å². The van der Waals surface area contributed by atoms with Gasteiger partial charge in [0.1, 0.15) is 0 Å². The molecule has 1 aromatic rings. The van der Waals surface area contributed by atoms with Crippen molar-refractivity contribution >= 4 is 11.8 Å². The van der Waals surface area contributed by atoms with E-state index in [4.69, 9.17) is 9.47 Å². The first-order valence-electron chi connectivity index (χ1n) is 8.88. The molecular formula is C19H28N2O4. The van der Waals surface area contributed by atoms with E-state index >= 15 is 0 Å². The second-order valence-corrected chi connectivity index (χ2v) is 6.33. The first-order chi connectivity index (χ1) is 12.0. The molecule has 0 aliphatic carbocycles. The van der Waals surface area contributed by atoms with Gasteiger partial charge in [-0.15, -0.1) is 0 Å². The minimum absolute atomic E-state index is 0.0124. The molecule has 0 saturated carbocycles. The molecule has 1 heterocycles. The normalized spacial score (nSPS) is 15.0. The molecule has 0 aromatic heterocycles. The Morgan fingerprint density at radius 2 is 1.68 bits per heavy atom. The number of hydrogen-bond donors (Lipinski definition) is 0. The van der Waals surface area contributed by atoms with E-state index in [-0.39, 0.29) is 17.7 Å². The third kappa shape index (κ3) is 4.65. The van der Waals surface area contributed by atoms with Crippen molar-refractivity contribution in [3.63, 3.8) is 0 Å². The molecule has 1 fully saturated rings. The fraction of sp³-hybridized carbons (Fsp3) is 0.579. The molecule has 6 heteroatoms. The zero-order chi connectivity index (χ0) is 18.4. The number of hydrogen-bond acceptors (Lipinski definition) is 4. The van der Waals surface area contributed by atoms with Crippen molar-refractivity contribution in [2.75, 3.05) is 40.4 Å². The second kappa shape index (κ2) is 8.74. The van der Waals surface area contributed by atoms with Crippen LogP contribution >= 0.6 is 0 Å². The van der Waals surface area contributed by atoms with Crippen molar-refractivity contribution < 1.29 is 19.1 Å². The molecule has 1 aromatic carbocycles. The van der Waals surface area contributed by atoms with Crippen molar-refractivity contribution in [1.29, 1.82) is 0 Å². The first kappa shape index (κ1) is 19.1. The van der Waals surface area contributed by atoms with E-state index in [2.05, 4.69) is 0 Å². The smallest absolute Gasteiger partial charge is 0.253 e. The number of ether oxygens (including phenoxy) is 2. The lowest BCUT2D eigenvalue weighted by molar-refractivity contribution is -0.134. The van der Waals surface area contributed by atoms with E-state index in [9.17, 15) is 9.59 Å². The van der Waals surface area contributed by atoms with Gasteiger partial charge in [-0.2, -0.15) is 0 Å². The molecule has 0 N–H and O–H groups in total. The molecule has 0 bridgehead atoms. The quantitative estimate of drug-likeness (QED) is 0.792. The van der Waals surface area contributed by atoms with Crippen LogP contribution in [0.5, 0.6) is 11.5 Å². The molecule has 0 spiro atoms. The number of amides is 2. The first-order valence-corrected chi connectivity index (χ1v) is 8.88. The van der Waals surface area contributed by atoms with Crippen LogP contribution in [-0.2, 0) is 4.79 Å². The van der Waals surface area contributed by atoms with Crippen molar-refractivity contribution in [3.8, 4) is 11.5 Å². The summed E-state index contributed by atoms with van der Waals surface area (Å²) < 4.78 is 11.1. The van der Waals surface area contributed by atoms with Gasteiger partial charge in [-0.25, -0.2) is 0 Å². The van der Waals surface area contributed by atoms with Crippen LogP contribution in [-0.4, -0.2) is 62.0 Å². The molecule has 25 heavy (non-hydrogen) atoms. The summed E-state index contributed by atoms with van der Waals surface area (Å²) in [5, 5.41) is 0. The molecule has 2 rings (SSSR count). The van der Waals surface area contributed by atoms with Gasteiger partial charge < -0.3 is 19.3 Å². The summed E-state index contributed by atoms with van der Waals surface area (Å²) in [5.41, 5.74) is 0.587. The molecule has 1 aliphatic rings. The molecule has 0 radical (unpaired) electrons. The topological polar surface area (TPSA) is 59.1 Å². The van der Waals surface area contributed by atoms with Gasteiger partial charge in [0.05, 0.1) is 13.2 Å². The Morgan fingerprint density at radius 1 is 1.08 bits per heavy atom. The number of nitrogens with zero attached hydrogens (tertiary/aromatic N) is 2. The monoisotopic (exact) mass is 348 g/mol. The fourth-order valence-corrected chi connectivity index (χ4v) is 3.06. The molecule has 1 saturated heterocycles. The summed E-state index contributed by atoms with van der Waals surface area (Å²) in [5.74, 6) is 1.37. The average molecular weight is 348 g/mol. The van der Waals surface area contributed by atoms with Gasteiger partial charge in [0.2, 0.25) is 5.91 Å². The maximum atomic E-state index is 12.8. The Kier molecular flexibility index (Phi) is 6.67. The summed E-state index contributed by atoms with van der Waals surface area (Å²) in [6.45, 7) is 6.06. The van der Waals surface area contributed by atoms with Crippen molar-refractivity contribution in [2.24, 2.45) is 5.92 Å². The number of likely N-dealkylation sites (tertiary alicyclic amines) is 1. The van der Waals surface area contributed by atoms with E-state index in [1.165, 1.54) is 0 Å². The SMILES string of the molecule is CCOc1ccc(C(=O)N2CCC(C(=O)N(C)C)CC2)cc1OCC. The van der Waals surface area contributed by atoms with Crippen LogP contribution < -0.4 is 9.47 Å². The molecule has 1 aliphatic heterocycles. The molecule has 0 atom stereocenters. The van der Waals surface area contributed by atoms with Crippen LogP contribution in [0.1, 0.15) is 37.0 Å². The maximum Gasteiger partial charge on any atom is 0.253 e. The lowest BCUT2D eigenvalue weighted by Crippen LogP contribution is -2.42. The number of benzene rings is 1. The van der Waals surface area contributed by atoms with Gasteiger partial charge in [0, 0.05) is 38.7 Å². The largest absolute Gasteiger partial charge is 0.490 e. The third-order valence-corrected chi connectivity index (χ3v) is 4.36. The third-order valence-electron chi connectivity index (χ3n) is 4.36. The maximum absolute atomic E-state index is 12.8. The molecule has 0 unspecified atom stereocenters. The zero-order valence-electron chi connectivity index (χ0n) is 15.6. The van der Waals surface area contributed by atoms with E-state index in [0.29, 0.717) is 56.2 Å². The van der Waals surface area contributed by atoms with Crippen LogP contribution in [0, 0.1) is 5.92 Å². The van der Waals surface area contributed by atoms with E-state index < -0.39 is 0 Å². The summed E-state index contributed by atoms with van der Waals surface area (Å²) in [6, 6.07) is 5.30. The van der Waals surface area contributed by atoms with Crippen molar-refractivity contribution in [3.05, 3.63) is 23.8 Å². The predicted molar refractivity (Wildman–Crippen MR) is 96.1 cm³/mol. The van der Waals surface area contributed by atoms with Gasteiger partial charge in [0.25, 0.3) is 5.91 Å². The van der Waals surface area contributed by atoms with Crippen LogP contribution in [0.2, 0.25) is 0 Å². The van der Waals surface area contributed by atoms with Gasteiger partial charge in [0.15, 0.2) is 11.5 Å². The lowest BCUT2D eigenvalue weighted by atomic mass is 9.95. The van der Waals surface area contributed by atoms with Crippen LogP contribution in [0.3, 0.4) is 0 Å². The zero-order valence-corrected chi connectivity index (χ0v) is 15.6. The Hall–Kier alpha value is -2.24. The van der Waals surface area contributed by atoms with Crippen LogP contribution in [0.4, 0.5) is 0 Å². The van der Waals surface area contributed by atoms with E-state index in [1.54, 1.807) is 37.2 Å². The molecule has 6 nitrogen and oxygen atoms in total. The van der Waals surface area contributed by atoms with Gasteiger partial charge in [-0.05, 0) is 44.9 Å². The summed E-state index contributed by atoms with van der Waals surface area (Å²) in [7, 11) is 3.55. The van der Waals surface area contributed by atoms with Crippen molar-refractivity contribution in [1.82, 2.24) is 9.80 Å². The van der Waals surface area contributed by atoms with Crippen molar-refractivity contribution in [2.45, 2.75) is 26.7 Å². The number of carbonyl (C=O) groups is 2. The van der Waals surface area contributed by atoms with Gasteiger partial charge in [-0.1, -0.05) is 0 Å². The molecular weight excluding hydrogens is 320 g/mol. The van der Waals surface area contributed by atoms with Gasteiger partial charge >= 0.3 is 0 Å². The number of carbonyl (C=O) groups excluding carboxylic acids is 2. The Bertz CT molecular complexity index is 607. The summed E-state index contributed by atoms with van der Waals surface area (Å²) in [6.07, 6.45) is 1.41. The molecule has 138 valence electrons. The highest BCUT2D eigenvalue weighted by Gasteiger charge is 2.28. The fourth-order valence-electron chi connectivity index (χ4n) is 3.06. The van der Waals surface area contributed by atoms with Gasteiger partial charge in [-0.3, -0.25) is 9.59 Å². The standard InChI is InChI=1S/C19H28N2O4/c1-5-24-16-8-7-15(13-17(16)25-6-2)19(23)21-11-9-14(10-12-21)18(22)20(3)4/h7-8,13-14H,5-6,9-12H2,1-4H3. The second-order valence-electron chi connectivity index (χ2n) is 6.33. The Morgan fingerprint density at radius 3 is 2.24 bits per heavy atom. The minimum Gasteiger partial charge on any atom is -0.490 e. The predicted octanol–water partition coefficient (Wildman–Crippen LogP) is 2.42. The molecule has 2 amide bonds.